The number of fused-ring (bicyclic) bond motifs is 1. The van der Waals surface area contributed by atoms with Gasteiger partial charge < -0.3 is 14.5 Å². The van der Waals surface area contributed by atoms with Crippen LogP contribution in [0.4, 0.5) is 11.4 Å². The first kappa shape index (κ1) is 21.7. The monoisotopic (exact) mass is 439 g/mol. The molecule has 1 fully saturated rings. The largest absolute Gasteiger partial charge is 0.489 e. The minimum Gasteiger partial charge on any atom is -0.489 e. The Balaban J connectivity index is 1.30. The zero-order chi connectivity index (χ0) is 21.6. The number of amides is 1. The maximum absolute atomic E-state index is 12.6. The number of hydrogen-bond acceptors (Lipinski definition) is 4. The molecule has 0 N–H and O–H groups in total. The van der Waals surface area contributed by atoms with Crippen LogP contribution in [0.2, 0.25) is 5.02 Å². The van der Waals surface area contributed by atoms with Crippen LogP contribution < -0.4 is 14.5 Å². The van der Waals surface area contributed by atoms with E-state index in [0.717, 1.165) is 74.1 Å². The second-order valence-corrected chi connectivity index (χ2v) is 8.50. The van der Waals surface area contributed by atoms with Crippen molar-refractivity contribution < 1.29 is 9.53 Å². The van der Waals surface area contributed by atoms with E-state index in [1.165, 1.54) is 5.69 Å². The van der Waals surface area contributed by atoms with Crippen LogP contribution in [-0.2, 0) is 11.2 Å². The van der Waals surface area contributed by atoms with E-state index >= 15 is 0 Å². The Bertz CT molecular complexity index is 925. The molecule has 164 valence electrons. The highest BCUT2D eigenvalue weighted by Crippen LogP contribution is 2.35. The summed E-state index contributed by atoms with van der Waals surface area (Å²) in [6, 6.07) is 14.1. The van der Waals surface area contributed by atoms with E-state index in [2.05, 4.69) is 22.4 Å². The SMILES string of the molecule is C=CCOc1cccc2c1CCC(=O)N2CCCN1CCN(c2cccc(Cl)c2)CC1. The average Bonchev–Trinajstić information content (AvgIpc) is 2.79. The summed E-state index contributed by atoms with van der Waals surface area (Å²) in [6.07, 6.45) is 3.99. The molecule has 0 unspecified atom stereocenters. The van der Waals surface area contributed by atoms with Crippen molar-refractivity contribution in [2.24, 2.45) is 0 Å². The molecule has 0 aliphatic carbocycles. The van der Waals surface area contributed by atoms with E-state index < -0.39 is 0 Å². The molecule has 2 heterocycles. The smallest absolute Gasteiger partial charge is 0.227 e. The predicted molar refractivity (Wildman–Crippen MR) is 128 cm³/mol. The number of hydrogen-bond donors (Lipinski definition) is 0. The zero-order valence-electron chi connectivity index (χ0n) is 17.9. The van der Waals surface area contributed by atoms with Crippen molar-refractivity contribution in [1.82, 2.24) is 4.90 Å². The number of carbonyl (C=O) groups is 1. The molecule has 0 aromatic heterocycles. The molecule has 5 nitrogen and oxygen atoms in total. The van der Waals surface area contributed by atoms with Crippen LogP contribution >= 0.6 is 11.6 Å². The van der Waals surface area contributed by atoms with Gasteiger partial charge in [-0.2, -0.15) is 0 Å². The van der Waals surface area contributed by atoms with Gasteiger partial charge in [0, 0.05) is 55.4 Å². The van der Waals surface area contributed by atoms with Crippen LogP contribution in [0.5, 0.6) is 5.75 Å². The lowest BCUT2D eigenvalue weighted by molar-refractivity contribution is -0.118. The van der Waals surface area contributed by atoms with Crippen LogP contribution in [-0.4, -0.2) is 56.7 Å². The maximum Gasteiger partial charge on any atom is 0.227 e. The molecule has 4 rings (SSSR count). The normalized spacial score (nSPS) is 16.9. The predicted octanol–water partition coefficient (Wildman–Crippen LogP) is 4.40. The molecule has 0 radical (unpaired) electrons. The van der Waals surface area contributed by atoms with E-state index in [4.69, 9.17) is 16.3 Å². The molecule has 2 aromatic rings. The van der Waals surface area contributed by atoms with Gasteiger partial charge >= 0.3 is 0 Å². The molecule has 2 aliphatic heterocycles. The Morgan fingerprint density at radius 3 is 2.61 bits per heavy atom. The Morgan fingerprint density at radius 2 is 1.84 bits per heavy atom. The fourth-order valence-corrected chi connectivity index (χ4v) is 4.63. The molecule has 1 amide bonds. The molecule has 31 heavy (non-hydrogen) atoms. The summed E-state index contributed by atoms with van der Waals surface area (Å²) in [5, 5.41) is 0.782. The number of anilines is 2. The molecule has 0 bridgehead atoms. The molecule has 0 spiro atoms. The van der Waals surface area contributed by atoms with Crippen LogP contribution in [0.3, 0.4) is 0 Å². The van der Waals surface area contributed by atoms with E-state index in [1.54, 1.807) is 6.08 Å². The Kier molecular flexibility index (Phi) is 7.15. The fourth-order valence-electron chi connectivity index (χ4n) is 4.44. The van der Waals surface area contributed by atoms with Gasteiger partial charge in [0.2, 0.25) is 5.91 Å². The summed E-state index contributed by atoms with van der Waals surface area (Å²) >= 11 is 6.14. The first-order chi connectivity index (χ1) is 15.2. The summed E-state index contributed by atoms with van der Waals surface area (Å²) in [7, 11) is 0. The second-order valence-electron chi connectivity index (χ2n) is 8.06. The van der Waals surface area contributed by atoms with Crippen LogP contribution in [0, 0.1) is 0 Å². The first-order valence-corrected chi connectivity index (χ1v) is 11.4. The minimum atomic E-state index is 0.208. The summed E-state index contributed by atoms with van der Waals surface area (Å²) in [5.41, 5.74) is 3.33. The third-order valence-corrected chi connectivity index (χ3v) is 6.28. The lowest BCUT2D eigenvalue weighted by Crippen LogP contribution is -2.47. The van der Waals surface area contributed by atoms with Crippen LogP contribution in [0.1, 0.15) is 18.4 Å². The number of piperazine rings is 1. The first-order valence-electron chi connectivity index (χ1n) is 11.0. The van der Waals surface area contributed by atoms with Gasteiger partial charge in [-0.15, -0.1) is 0 Å². The quantitative estimate of drug-likeness (QED) is 0.571. The highest BCUT2D eigenvalue weighted by Gasteiger charge is 2.26. The molecule has 1 saturated heterocycles. The molecule has 0 atom stereocenters. The highest BCUT2D eigenvalue weighted by molar-refractivity contribution is 6.30. The van der Waals surface area contributed by atoms with E-state index in [0.29, 0.717) is 13.0 Å². The standard InChI is InChI=1S/C25H30ClN3O2/c1-2-18-31-24-9-4-8-23-22(24)10-11-25(30)29(23)13-5-12-27-14-16-28(17-15-27)21-7-3-6-20(26)19-21/h2-4,6-9,19H,1,5,10-18H2. The molecule has 6 heteroatoms. The van der Waals surface area contributed by atoms with Crippen molar-refractivity contribution in [3.8, 4) is 5.75 Å². The average molecular weight is 440 g/mol. The van der Waals surface area contributed by atoms with Gasteiger partial charge in [0.25, 0.3) is 0 Å². The van der Waals surface area contributed by atoms with Gasteiger partial charge in [-0.3, -0.25) is 9.69 Å². The molecule has 2 aliphatic rings. The number of benzene rings is 2. The third-order valence-electron chi connectivity index (χ3n) is 6.05. The van der Waals surface area contributed by atoms with Crippen molar-refractivity contribution in [2.45, 2.75) is 19.3 Å². The summed E-state index contributed by atoms with van der Waals surface area (Å²) in [6.45, 7) is 9.98. The van der Waals surface area contributed by atoms with Crippen LogP contribution in [0.25, 0.3) is 0 Å². The number of nitrogens with zero attached hydrogens (tertiary/aromatic N) is 3. The van der Waals surface area contributed by atoms with Crippen molar-refractivity contribution in [3.05, 3.63) is 65.7 Å². The number of ether oxygens (including phenoxy) is 1. The topological polar surface area (TPSA) is 36.0 Å². The van der Waals surface area contributed by atoms with Gasteiger partial charge in [0.1, 0.15) is 12.4 Å². The van der Waals surface area contributed by atoms with Crippen molar-refractivity contribution in [1.29, 1.82) is 0 Å². The maximum atomic E-state index is 12.6. The summed E-state index contributed by atoms with van der Waals surface area (Å²) < 4.78 is 5.81. The Hall–Kier alpha value is -2.50. The van der Waals surface area contributed by atoms with Gasteiger partial charge in [-0.05, 0) is 49.7 Å². The zero-order valence-corrected chi connectivity index (χ0v) is 18.7. The summed E-state index contributed by atoms with van der Waals surface area (Å²) in [4.78, 5) is 19.4. The molecule has 0 saturated carbocycles. The van der Waals surface area contributed by atoms with Crippen LogP contribution in [0.15, 0.2) is 55.1 Å². The highest BCUT2D eigenvalue weighted by atomic mass is 35.5. The van der Waals surface area contributed by atoms with Gasteiger partial charge in [-0.1, -0.05) is 36.4 Å². The molecule has 2 aromatic carbocycles. The minimum absolute atomic E-state index is 0.208. The van der Waals surface area contributed by atoms with Crippen molar-refractivity contribution >= 4 is 28.9 Å². The summed E-state index contributed by atoms with van der Waals surface area (Å²) in [5.74, 6) is 1.08. The van der Waals surface area contributed by atoms with E-state index in [9.17, 15) is 4.79 Å². The third kappa shape index (κ3) is 5.23. The molecular formula is C25H30ClN3O2. The number of carbonyl (C=O) groups excluding carboxylic acids is 1. The number of halogens is 1. The van der Waals surface area contributed by atoms with E-state index in [1.807, 2.05) is 41.3 Å². The van der Waals surface area contributed by atoms with Gasteiger partial charge in [0.15, 0.2) is 0 Å². The fraction of sp³-hybridized carbons (Fsp3) is 0.400. The Labute approximate surface area is 189 Å². The molecular weight excluding hydrogens is 410 g/mol. The lowest BCUT2D eigenvalue weighted by atomic mass is 9.99. The Morgan fingerprint density at radius 1 is 1.03 bits per heavy atom. The lowest BCUT2D eigenvalue weighted by Gasteiger charge is -2.37. The van der Waals surface area contributed by atoms with Crippen molar-refractivity contribution in [3.63, 3.8) is 0 Å². The van der Waals surface area contributed by atoms with Crippen molar-refractivity contribution in [2.75, 3.05) is 55.7 Å². The van der Waals surface area contributed by atoms with Gasteiger partial charge in [0.05, 0.1) is 5.69 Å². The number of rotatable bonds is 8. The second kappa shape index (κ2) is 10.2. The van der Waals surface area contributed by atoms with E-state index in [-0.39, 0.29) is 5.91 Å². The van der Waals surface area contributed by atoms with Gasteiger partial charge in [-0.25, -0.2) is 0 Å².